The summed E-state index contributed by atoms with van der Waals surface area (Å²) in [4.78, 5) is 16.0. The molecule has 0 spiro atoms. The van der Waals surface area contributed by atoms with Gasteiger partial charge in [-0.3, -0.25) is 9.78 Å². The molecule has 0 radical (unpaired) electrons. The smallest absolute Gasteiger partial charge is 0.270 e. The third kappa shape index (κ3) is 3.49. The van der Waals surface area contributed by atoms with Crippen molar-refractivity contribution in [2.75, 3.05) is 5.88 Å². The summed E-state index contributed by atoms with van der Waals surface area (Å²) in [5.74, 6) is 0.440. The highest BCUT2D eigenvalue weighted by molar-refractivity contribution is 6.17. The molecule has 0 aliphatic heterocycles. The zero-order valence-electron chi connectivity index (χ0n) is 9.66. The molecule has 1 unspecified atom stereocenters. The van der Waals surface area contributed by atoms with E-state index in [1.165, 1.54) is 0 Å². The van der Waals surface area contributed by atoms with Gasteiger partial charge in [0.1, 0.15) is 5.69 Å². The predicted octanol–water partition coefficient (Wildman–Crippen LogP) is 2.53. The third-order valence-corrected chi connectivity index (χ3v) is 2.73. The highest BCUT2D eigenvalue weighted by Gasteiger charge is 2.14. The van der Waals surface area contributed by atoms with E-state index in [0.29, 0.717) is 11.6 Å². The Morgan fingerprint density at radius 1 is 1.62 bits per heavy atom. The molecule has 0 saturated heterocycles. The number of nitrogens with zero attached hydrogens (tertiary/aromatic N) is 1. The van der Waals surface area contributed by atoms with Crippen LogP contribution in [-0.4, -0.2) is 22.8 Å². The van der Waals surface area contributed by atoms with Crippen LogP contribution in [-0.2, 0) is 0 Å². The summed E-state index contributed by atoms with van der Waals surface area (Å²) in [5, 5.41) is 2.94. The van der Waals surface area contributed by atoms with Gasteiger partial charge >= 0.3 is 0 Å². The van der Waals surface area contributed by atoms with Crippen LogP contribution in [0, 0.1) is 6.92 Å². The lowest BCUT2D eigenvalue weighted by Gasteiger charge is -2.15. The van der Waals surface area contributed by atoms with Crippen LogP contribution in [0.3, 0.4) is 0 Å². The normalized spacial score (nSPS) is 12.2. The van der Waals surface area contributed by atoms with Gasteiger partial charge in [0.25, 0.3) is 5.91 Å². The maximum atomic E-state index is 11.9. The van der Waals surface area contributed by atoms with Crippen LogP contribution in [0.1, 0.15) is 35.8 Å². The van der Waals surface area contributed by atoms with Crippen LogP contribution >= 0.6 is 11.6 Å². The first kappa shape index (κ1) is 13.0. The fraction of sp³-hybridized carbons (Fsp3) is 0.500. The number of aryl methyl sites for hydroxylation is 1. The summed E-state index contributed by atoms with van der Waals surface area (Å²) in [6, 6.07) is 3.83. The van der Waals surface area contributed by atoms with Crippen LogP contribution < -0.4 is 5.32 Å². The van der Waals surface area contributed by atoms with Gasteiger partial charge in [-0.05, 0) is 31.4 Å². The van der Waals surface area contributed by atoms with Crippen LogP contribution in [0.2, 0.25) is 0 Å². The average Bonchev–Trinajstić information content (AvgIpc) is 2.28. The molecular weight excluding hydrogens is 224 g/mol. The molecule has 3 nitrogen and oxygen atoms in total. The molecule has 1 aromatic heterocycles. The van der Waals surface area contributed by atoms with Crippen molar-refractivity contribution in [3.8, 4) is 0 Å². The first-order valence-electron chi connectivity index (χ1n) is 5.47. The van der Waals surface area contributed by atoms with Crippen molar-refractivity contribution in [1.82, 2.24) is 10.3 Å². The quantitative estimate of drug-likeness (QED) is 0.804. The number of alkyl halides is 1. The first-order chi connectivity index (χ1) is 7.69. The minimum atomic E-state index is -0.116. The summed E-state index contributed by atoms with van der Waals surface area (Å²) >= 11 is 5.67. The number of nitrogens with one attached hydrogen (secondary N) is 1. The summed E-state index contributed by atoms with van der Waals surface area (Å²) in [7, 11) is 0. The van der Waals surface area contributed by atoms with Gasteiger partial charge in [-0.25, -0.2) is 0 Å². The molecule has 1 atom stereocenters. The maximum absolute atomic E-state index is 11.9. The molecule has 1 rings (SSSR count). The van der Waals surface area contributed by atoms with E-state index < -0.39 is 0 Å². The van der Waals surface area contributed by atoms with Gasteiger partial charge in [-0.1, -0.05) is 13.0 Å². The number of hydrogen-bond acceptors (Lipinski definition) is 2. The molecule has 0 aliphatic rings. The van der Waals surface area contributed by atoms with Gasteiger partial charge in [-0.15, -0.1) is 11.6 Å². The third-order valence-electron chi connectivity index (χ3n) is 2.51. The lowest BCUT2D eigenvalue weighted by atomic mass is 10.1. The standard InChI is InChI=1S/C12H17ClN2O/c1-3-10(6-7-13)15-12(16)11-9(2)5-4-8-14-11/h4-5,8,10H,3,6-7H2,1-2H3,(H,15,16). The largest absolute Gasteiger partial charge is 0.348 e. The number of carbonyl (C=O) groups excluding carboxylic acids is 1. The highest BCUT2D eigenvalue weighted by atomic mass is 35.5. The Morgan fingerprint density at radius 2 is 2.38 bits per heavy atom. The van der Waals surface area contributed by atoms with E-state index in [4.69, 9.17) is 11.6 Å². The molecular formula is C12H17ClN2O. The van der Waals surface area contributed by atoms with E-state index in [2.05, 4.69) is 10.3 Å². The topological polar surface area (TPSA) is 42.0 Å². The molecule has 16 heavy (non-hydrogen) atoms. The molecule has 0 saturated carbocycles. The number of pyridine rings is 1. The van der Waals surface area contributed by atoms with E-state index in [0.717, 1.165) is 18.4 Å². The van der Waals surface area contributed by atoms with Crippen molar-refractivity contribution in [2.45, 2.75) is 32.7 Å². The second kappa shape index (κ2) is 6.48. The number of rotatable bonds is 5. The monoisotopic (exact) mass is 240 g/mol. The van der Waals surface area contributed by atoms with Crippen molar-refractivity contribution in [3.05, 3.63) is 29.6 Å². The molecule has 0 fully saturated rings. The summed E-state index contributed by atoms with van der Waals surface area (Å²) in [6.07, 6.45) is 3.30. The van der Waals surface area contributed by atoms with Crippen molar-refractivity contribution in [2.24, 2.45) is 0 Å². The number of aromatic nitrogens is 1. The zero-order valence-corrected chi connectivity index (χ0v) is 10.4. The van der Waals surface area contributed by atoms with E-state index >= 15 is 0 Å². The van der Waals surface area contributed by atoms with Crippen LogP contribution in [0.25, 0.3) is 0 Å². The predicted molar refractivity (Wildman–Crippen MR) is 65.9 cm³/mol. The van der Waals surface area contributed by atoms with Crippen LogP contribution in [0.5, 0.6) is 0 Å². The van der Waals surface area contributed by atoms with E-state index in [1.54, 1.807) is 6.20 Å². The number of hydrogen-bond donors (Lipinski definition) is 1. The van der Waals surface area contributed by atoms with Crippen LogP contribution in [0.15, 0.2) is 18.3 Å². The fourth-order valence-corrected chi connectivity index (χ4v) is 1.75. The Kier molecular flexibility index (Phi) is 5.26. The Hall–Kier alpha value is -1.09. The molecule has 0 aliphatic carbocycles. The second-order valence-corrected chi connectivity index (χ2v) is 4.10. The Bertz CT molecular complexity index is 355. The van der Waals surface area contributed by atoms with Crippen molar-refractivity contribution in [1.29, 1.82) is 0 Å². The Labute approximate surface area is 101 Å². The molecule has 1 N–H and O–H groups in total. The molecule has 0 aromatic carbocycles. The van der Waals surface area contributed by atoms with E-state index in [-0.39, 0.29) is 11.9 Å². The zero-order chi connectivity index (χ0) is 12.0. The van der Waals surface area contributed by atoms with Gasteiger partial charge in [-0.2, -0.15) is 0 Å². The maximum Gasteiger partial charge on any atom is 0.270 e. The molecule has 1 amide bonds. The van der Waals surface area contributed by atoms with Gasteiger partial charge in [0.05, 0.1) is 0 Å². The summed E-state index contributed by atoms with van der Waals surface area (Å²) in [5.41, 5.74) is 1.39. The van der Waals surface area contributed by atoms with Gasteiger partial charge in [0, 0.05) is 18.1 Å². The molecule has 88 valence electrons. The molecule has 4 heteroatoms. The number of carbonyl (C=O) groups is 1. The molecule has 1 heterocycles. The Balaban J connectivity index is 2.68. The minimum Gasteiger partial charge on any atom is -0.348 e. The summed E-state index contributed by atoms with van der Waals surface area (Å²) < 4.78 is 0. The minimum absolute atomic E-state index is 0.116. The second-order valence-electron chi connectivity index (χ2n) is 3.73. The van der Waals surface area contributed by atoms with E-state index in [1.807, 2.05) is 26.0 Å². The van der Waals surface area contributed by atoms with Crippen molar-refractivity contribution in [3.63, 3.8) is 0 Å². The lowest BCUT2D eigenvalue weighted by molar-refractivity contribution is 0.0929. The van der Waals surface area contributed by atoms with Crippen molar-refractivity contribution >= 4 is 17.5 Å². The van der Waals surface area contributed by atoms with Crippen molar-refractivity contribution < 1.29 is 4.79 Å². The van der Waals surface area contributed by atoms with Crippen LogP contribution in [0.4, 0.5) is 0 Å². The fourth-order valence-electron chi connectivity index (χ4n) is 1.49. The SMILES string of the molecule is CCC(CCCl)NC(=O)c1ncccc1C. The average molecular weight is 241 g/mol. The highest BCUT2D eigenvalue weighted by Crippen LogP contribution is 2.05. The van der Waals surface area contributed by atoms with Gasteiger partial charge in [0.15, 0.2) is 0 Å². The molecule has 1 aromatic rings. The molecule has 0 bridgehead atoms. The number of halogens is 1. The van der Waals surface area contributed by atoms with Gasteiger partial charge < -0.3 is 5.32 Å². The Morgan fingerprint density at radius 3 is 2.94 bits per heavy atom. The first-order valence-corrected chi connectivity index (χ1v) is 6.01. The van der Waals surface area contributed by atoms with E-state index in [9.17, 15) is 4.79 Å². The summed E-state index contributed by atoms with van der Waals surface area (Å²) in [6.45, 7) is 3.91. The lowest BCUT2D eigenvalue weighted by Crippen LogP contribution is -2.35. The number of amides is 1. The van der Waals surface area contributed by atoms with Gasteiger partial charge in [0.2, 0.25) is 0 Å².